The molecule has 0 aliphatic carbocycles. The molecule has 0 bridgehead atoms. The number of carbonyl (C=O) groups excluding carboxylic acids is 1. The molecule has 4 nitrogen and oxygen atoms in total. The van der Waals surface area contributed by atoms with Crippen molar-refractivity contribution in [1.82, 2.24) is 0 Å². The van der Waals surface area contributed by atoms with E-state index in [1.165, 1.54) is 6.29 Å². The van der Waals surface area contributed by atoms with Gasteiger partial charge in [-0.05, 0) is 0 Å². The van der Waals surface area contributed by atoms with Crippen LogP contribution < -0.4 is 0 Å². The van der Waals surface area contributed by atoms with Gasteiger partial charge in [-0.1, -0.05) is 0 Å². The van der Waals surface area contributed by atoms with E-state index in [0.29, 0.717) is 0 Å². The SMILES string of the molecule is O=[C-]C(=N[N]=[W])[C](O)=[W].[W].[W].[W].[W].[W].[W].[W].[W].[W].[W].[W]=[W]. The summed E-state index contributed by atoms with van der Waals surface area (Å²) in [5.74, 6) is 0. The first-order chi connectivity index (χ1) is 5.22. The van der Waals surface area contributed by atoms with E-state index in [-0.39, 0.29) is 220 Å². The minimum absolute atomic E-state index is 0. The van der Waals surface area contributed by atoms with Crippen molar-refractivity contribution in [2.24, 2.45) is 8.71 Å². The van der Waals surface area contributed by atoms with Crippen molar-refractivity contribution in [3.63, 3.8) is 0 Å². The van der Waals surface area contributed by atoms with Gasteiger partial charge < -0.3 is 0 Å². The van der Waals surface area contributed by atoms with Gasteiger partial charge in [0.15, 0.2) is 0 Å². The molecule has 0 aromatic heterocycles. The summed E-state index contributed by atoms with van der Waals surface area (Å²) < 4.78 is 3.30. The van der Waals surface area contributed by atoms with Crippen LogP contribution in [0, 0.1) is 0 Å². The van der Waals surface area contributed by atoms with Crippen LogP contribution in [0.3, 0.4) is 0 Å². The molecule has 0 spiro atoms. The molecule has 0 aliphatic heterocycles. The second-order valence-corrected chi connectivity index (χ2v) is 2.91. The van der Waals surface area contributed by atoms with Gasteiger partial charge in [0.25, 0.3) is 0 Å². The predicted octanol–water partition coefficient (Wildman–Crippen LogP) is -0.798. The molecule has 0 aromatic carbocycles. The van der Waals surface area contributed by atoms with Crippen LogP contribution in [0.1, 0.15) is 0 Å². The molecule has 0 radical (unpaired) electrons. The second-order valence-electron chi connectivity index (χ2n) is 0.937. The van der Waals surface area contributed by atoms with Crippen molar-refractivity contribution in [1.29, 1.82) is 0 Å². The third kappa shape index (κ3) is 65.3. The van der Waals surface area contributed by atoms with E-state index in [9.17, 15) is 4.79 Å². The molecule has 0 amide bonds. The van der Waals surface area contributed by atoms with Crippen LogP contribution in [0.25, 0.3) is 0 Å². The van der Waals surface area contributed by atoms with Crippen LogP contribution in [-0.2, 0) is 287 Å². The summed E-state index contributed by atoms with van der Waals surface area (Å²) in [7, 11) is 0. The monoisotopic (exact) mass is 2670 g/mol. The minimum atomic E-state index is -0.0972. The van der Waals surface area contributed by atoms with Crippen molar-refractivity contribution in [3.8, 4) is 0 Å². The first-order valence-corrected chi connectivity index (χ1v) is 15.7. The number of hydrogen-bond donors (Lipinski definition) is 1. The molecule has 0 saturated carbocycles. The Morgan fingerprint density at radius 1 is 0.810 bits per heavy atom. The number of aliphatic hydroxyl groups is 1. The molecule has 0 heterocycles. The standard InChI is InChI=1S/C3HN2O2.14W/c4-5-3(1-6)2-7;;;;;;;;;;;;;;/h6H;;;;;;;;;;;;;;/q-1;;;;;;;;;;;;;;. The fourth-order valence-corrected chi connectivity index (χ4v) is 0.737. The zero-order valence-electron chi connectivity index (χ0n) is 8.97. The van der Waals surface area contributed by atoms with Gasteiger partial charge in [0.2, 0.25) is 0 Å². The van der Waals surface area contributed by atoms with Crippen molar-refractivity contribution in [3.05, 3.63) is 0 Å². The quantitative estimate of drug-likeness (QED) is 0.229. The zero-order valence-corrected chi connectivity index (χ0v) is 50.0. The first kappa shape index (κ1) is 78.2. The number of rotatable bonds is 3. The molecule has 18 heteroatoms. The molecule has 0 atom stereocenters. The van der Waals surface area contributed by atoms with E-state index < -0.39 is 0 Å². The molecule has 0 unspecified atom stereocenters. The molecule has 0 aromatic rings. The molecule has 1 N–H and O–H groups in total. The van der Waals surface area contributed by atoms with E-state index in [1.807, 2.05) is 0 Å². The Balaban J connectivity index is -0.00000000647. The average Bonchev–Trinajstić information content (AvgIpc) is 2.03. The van der Waals surface area contributed by atoms with E-state index in [2.05, 4.69) is 8.71 Å². The Morgan fingerprint density at radius 3 is 1.10 bits per heavy atom. The number of hydrogen-bond acceptors (Lipinski definition) is 4. The van der Waals surface area contributed by atoms with Crippen LogP contribution >= 0.6 is 0 Å². The maximum absolute atomic E-state index is 9.86. The van der Waals surface area contributed by atoms with Crippen molar-refractivity contribution in [2.75, 3.05) is 0 Å². The van der Waals surface area contributed by atoms with Crippen molar-refractivity contribution >= 4 is 16.1 Å². The van der Waals surface area contributed by atoms with Gasteiger partial charge in [-0.3, -0.25) is 0 Å². The van der Waals surface area contributed by atoms with Crippen molar-refractivity contribution in [2.45, 2.75) is 0 Å². The van der Waals surface area contributed by atoms with Gasteiger partial charge in [-0.2, -0.15) is 0 Å². The van der Waals surface area contributed by atoms with Gasteiger partial charge in [-0.25, -0.2) is 0 Å². The predicted molar refractivity (Wildman–Crippen MR) is 22.5 cm³/mol. The Labute approximate surface area is 308 Å². The molecule has 0 fully saturated rings. The van der Waals surface area contributed by atoms with E-state index in [1.54, 1.807) is 32.4 Å². The molecule has 120 valence electrons. The molecule has 21 heavy (non-hydrogen) atoms. The first-order valence-electron chi connectivity index (χ1n) is 1.90. The summed E-state index contributed by atoms with van der Waals surface area (Å²) in [5, 5.41) is 12.0. The maximum atomic E-state index is 9.86. The van der Waals surface area contributed by atoms with E-state index >= 15 is 0 Å². The van der Waals surface area contributed by atoms with Gasteiger partial charge in [0.1, 0.15) is 0 Å². The fourth-order valence-electron chi connectivity index (χ4n) is 0.148. The Kier molecular flexibility index (Phi) is 262. The second kappa shape index (κ2) is 70.3. The summed E-state index contributed by atoms with van der Waals surface area (Å²) in [4.78, 5) is 9.86. The number of aliphatic hydroxyl groups excluding tert-OH is 1. The van der Waals surface area contributed by atoms with Gasteiger partial charge in [0, 0.05) is 211 Å². The van der Waals surface area contributed by atoms with Crippen LogP contribution in [0.5, 0.6) is 0 Å². The Hall–Kier alpha value is 8.61. The van der Waals surface area contributed by atoms with Crippen LogP contribution in [0.2, 0.25) is 0 Å². The van der Waals surface area contributed by atoms with E-state index in [0.717, 1.165) is 39.0 Å². The summed E-state index contributed by atoms with van der Waals surface area (Å²) in [6.07, 6.45) is 1.46. The van der Waals surface area contributed by atoms with Crippen LogP contribution in [-0.4, -0.2) is 21.2 Å². The Morgan fingerprint density at radius 2 is 1.05 bits per heavy atom. The fraction of sp³-hybridized carbons (Fsp3) is 0. The van der Waals surface area contributed by atoms with Gasteiger partial charge in [-0.15, -0.1) is 0 Å². The summed E-state index contributed by atoms with van der Waals surface area (Å²) in [5.41, 5.74) is -0.0972. The normalized spacial score (nSPS) is 4.71. The van der Waals surface area contributed by atoms with Crippen molar-refractivity contribution < 1.29 is 292 Å². The molecular weight excluding hydrogens is 2670 g/mol. The van der Waals surface area contributed by atoms with Crippen LogP contribution in [0.15, 0.2) is 8.71 Å². The average molecular weight is 2670 g/mol. The zero-order chi connectivity index (χ0) is 9.28. The third-order valence-electron chi connectivity index (χ3n) is 0.440. The Bertz CT molecular complexity index is 201. The molecular formula is C3HN2O2W14-. The molecule has 0 saturated heterocycles. The van der Waals surface area contributed by atoms with Gasteiger partial charge in [0.05, 0.1) is 0 Å². The molecule has 0 rings (SSSR count). The summed E-state index contributed by atoms with van der Waals surface area (Å²) >= 11 is 5.00. The topological polar surface area (TPSA) is 62.0 Å². The van der Waals surface area contributed by atoms with E-state index in [4.69, 9.17) is 5.11 Å². The number of nitrogens with zero attached hydrogens (tertiary/aromatic N) is 2. The summed E-state index contributed by atoms with van der Waals surface area (Å²) in [6.45, 7) is 0. The third-order valence-corrected chi connectivity index (χ3v) is 1.43. The van der Waals surface area contributed by atoms with Gasteiger partial charge >= 0.3 is 106 Å². The summed E-state index contributed by atoms with van der Waals surface area (Å²) in [6, 6.07) is 0. The molecule has 0 aliphatic rings. The van der Waals surface area contributed by atoms with Crippen LogP contribution in [0.4, 0.5) is 0 Å².